The zero-order chi connectivity index (χ0) is 16.4. The molecule has 2 aromatic carbocycles. The Kier molecular flexibility index (Phi) is 3.87. The summed E-state index contributed by atoms with van der Waals surface area (Å²) in [6.45, 7) is 0.323. The normalized spacial score (nSPS) is 19.0. The smallest absolute Gasteiger partial charge is 0.224 e. The molecule has 3 aromatic rings. The van der Waals surface area contributed by atoms with Crippen LogP contribution in [0.4, 0.5) is 0 Å². The van der Waals surface area contributed by atoms with Crippen LogP contribution in [0.1, 0.15) is 23.8 Å². The highest BCUT2D eigenvalue weighted by Crippen LogP contribution is 2.47. The summed E-state index contributed by atoms with van der Waals surface area (Å²) in [6.07, 6.45) is 2.61. The minimum absolute atomic E-state index is 0.0657. The molecule has 120 valence electrons. The first kappa shape index (κ1) is 14.7. The molecular weight excluding hydrogens is 300 g/mol. The van der Waals surface area contributed by atoms with Gasteiger partial charge >= 0.3 is 0 Å². The highest BCUT2D eigenvalue weighted by Gasteiger charge is 2.43. The van der Waals surface area contributed by atoms with E-state index in [2.05, 4.69) is 22.4 Å². The number of amides is 1. The van der Waals surface area contributed by atoms with E-state index in [1.165, 1.54) is 5.56 Å². The van der Waals surface area contributed by atoms with Crippen molar-refractivity contribution in [1.29, 1.82) is 0 Å². The lowest BCUT2D eigenvalue weighted by Gasteiger charge is -2.02. The third kappa shape index (κ3) is 3.08. The highest BCUT2D eigenvalue weighted by atomic mass is 16.4. The number of carbonyl (C=O) groups excluding carboxylic acids is 1. The molecule has 0 spiro atoms. The summed E-state index contributed by atoms with van der Waals surface area (Å²) in [6, 6.07) is 20.0. The van der Waals surface area contributed by atoms with E-state index in [0.717, 1.165) is 12.0 Å². The van der Waals surface area contributed by atoms with Crippen LogP contribution in [0.5, 0.6) is 0 Å². The summed E-state index contributed by atoms with van der Waals surface area (Å²) in [5.41, 5.74) is 2.22. The SMILES string of the molecule is O=C(NCc1ncc(-c2ccccc2)o1)C1CC1c1ccccc1. The Hall–Kier alpha value is -2.88. The molecule has 0 bridgehead atoms. The van der Waals surface area contributed by atoms with E-state index in [1.807, 2.05) is 48.5 Å². The van der Waals surface area contributed by atoms with Crippen molar-refractivity contribution in [3.63, 3.8) is 0 Å². The second kappa shape index (κ2) is 6.32. The number of nitrogens with one attached hydrogen (secondary N) is 1. The topological polar surface area (TPSA) is 55.1 Å². The van der Waals surface area contributed by atoms with Gasteiger partial charge in [-0.25, -0.2) is 4.98 Å². The minimum atomic E-state index is 0.0657. The molecule has 0 saturated heterocycles. The van der Waals surface area contributed by atoms with E-state index in [-0.39, 0.29) is 11.8 Å². The first-order valence-corrected chi connectivity index (χ1v) is 8.14. The first-order chi connectivity index (χ1) is 11.8. The van der Waals surface area contributed by atoms with Gasteiger partial charge in [-0.3, -0.25) is 4.79 Å². The molecule has 1 aromatic heterocycles. The van der Waals surface area contributed by atoms with Gasteiger partial charge in [-0.2, -0.15) is 0 Å². The molecule has 24 heavy (non-hydrogen) atoms. The Balaban J connectivity index is 1.33. The monoisotopic (exact) mass is 318 g/mol. The van der Waals surface area contributed by atoms with E-state index in [4.69, 9.17) is 4.42 Å². The van der Waals surface area contributed by atoms with Gasteiger partial charge in [0, 0.05) is 11.5 Å². The average molecular weight is 318 g/mol. The molecule has 0 aliphatic heterocycles. The van der Waals surface area contributed by atoms with Gasteiger partial charge in [-0.05, 0) is 17.9 Å². The molecule has 1 amide bonds. The van der Waals surface area contributed by atoms with Crippen LogP contribution in [0.3, 0.4) is 0 Å². The zero-order valence-corrected chi connectivity index (χ0v) is 13.2. The van der Waals surface area contributed by atoms with Crippen molar-refractivity contribution in [3.05, 3.63) is 78.3 Å². The second-order valence-electron chi connectivity index (χ2n) is 6.06. The molecule has 4 heteroatoms. The number of rotatable bonds is 5. The fourth-order valence-corrected chi connectivity index (χ4v) is 2.98. The predicted molar refractivity (Wildman–Crippen MR) is 91.1 cm³/mol. The zero-order valence-electron chi connectivity index (χ0n) is 13.2. The molecule has 1 fully saturated rings. The first-order valence-electron chi connectivity index (χ1n) is 8.14. The summed E-state index contributed by atoms with van der Waals surface area (Å²) in [5.74, 6) is 1.72. The van der Waals surface area contributed by atoms with Crippen molar-refractivity contribution in [2.75, 3.05) is 0 Å². The third-order valence-electron chi connectivity index (χ3n) is 4.38. The van der Waals surface area contributed by atoms with Gasteiger partial charge in [-0.1, -0.05) is 60.7 Å². The standard InChI is InChI=1S/C20H18N2O2/c23-20(17-11-16(17)14-7-3-1-4-8-14)22-13-19-21-12-18(24-19)15-9-5-2-6-10-15/h1-10,12,16-17H,11,13H2,(H,22,23). The van der Waals surface area contributed by atoms with Crippen LogP contribution in [0, 0.1) is 5.92 Å². The molecule has 2 atom stereocenters. The van der Waals surface area contributed by atoms with E-state index >= 15 is 0 Å². The fourth-order valence-electron chi connectivity index (χ4n) is 2.98. The second-order valence-corrected chi connectivity index (χ2v) is 6.06. The van der Waals surface area contributed by atoms with Gasteiger partial charge in [0.25, 0.3) is 0 Å². The van der Waals surface area contributed by atoms with Crippen molar-refractivity contribution >= 4 is 5.91 Å². The maximum Gasteiger partial charge on any atom is 0.224 e. The Morgan fingerprint density at radius 1 is 1.08 bits per heavy atom. The number of benzene rings is 2. The number of carbonyl (C=O) groups is 1. The van der Waals surface area contributed by atoms with Crippen molar-refractivity contribution in [2.24, 2.45) is 5.92 Å². The van der Waals surface area contributed by atoms with Crippen LogP contribution in [0.25, 0.3) is 11.3 Å². The van der Waals surface area contributed by atoms with Gasteiger partial charge in [0.2, 0.25) is 11.8 Å². The number of nitrogens with zero attached hydrogens (tertiary/aromatic N) is 1. The number of hydrogen-bond donors (Lipinski definition) is 1. The van der Waals surface area contributed by atoms with Crippen LogP contribution in [-0.4, -0.2) is 10.9 Å². The molecule has 1 aliphatic carbocycles. The minimum Gasteiger partial charge on any atom is -0.439 e. The highest BCUT2D eigenvalue weighted by molar-refractivity contribution is 5.82. The molecule has 1 aliphatic rings. The summed E-state index contributed by atoms with van der Waals surface area (Å²) in [4.78, 5) is 16.5. The predicted octanol–water partition coefficient (Wildman–Crippen LogP) is 3.76. The van der Waals surface area contributed by atoms with Crippen molar-refractivity contribution < 1.29 is 9.21 Å². The summed E-state index contributed by atoms with van der Waals surface area (Å²) in [7, 11) is 0. The molecule has 0 radical (unpaired) electrons. The summed E-state index contributed by atoms with van der Waals surface area (Å²) in [5, 5.41) is 2.93. The summed E-state index contributed by atoms with van der Waals surface area (Å²) >= 11 is 0. The fraction of sp³-hybridized carbons (Fsp3) is 0.200. The van der Waals surface area contributed by atoms with Gasteiger partial charge in [0.15, 0.2) is 5.76 Å². The molecule has 1 heterocycles. The van der Waals surface area contributed by atoms with Crippen LogP contribution >= 0.6 is 0 Å². The Labute approximate surface area is 140 Å². The lowest BCUT2D eigenvalue weighted by Crippen LogP contribution is -2.25. The van der Waals surface area contributed by atoms with Crippen molar-refractivity contribution in [3.8, 4) is 11.3 Å². The molecule has 4 rings (SSSR count). The maximum atomic E-state index is 12.3. The van der Waals surface area contributed by atoms with E-state index < -0.39 is 0 Å². The third-order valence-corrected chi connectivity index (χ3v) is 4.38. The van der Waals surface area contributed by atoms with E-state index in [0.29, 0.717) is 24.1 Å². The van der Waals surface area contributed by atoms with Crippen LogP contribution in [0.2, 0.25) is 0 Å². The number of aromatic nitrogens is 1. The lowest BCUT2D eigenvalue weighted by molar-refractivity contribution is -0.122. The van der Waals surface area contributed by atoms with Crippen molar-refractivity contribution in [2.45, 2.75) is 18.9 Å². The summed E-state index contributed by atoms with van der Waals surface area (Å²) < 4.78 is 5.71. The van der Waals surface area contributed by atoms with Gasteiger partial charge in [0.1, 0.15) is 0 Å². The maximum absolute atomic E-state index is 12.3. The van der Waals surface area contributed by atoms with Crippen molar-refractivity contribution in [1.82, 2.24) is 10.3 Å². The lowest BCUT2D eigenvalue weighted by atomic mass is 10.1. The molecule has 2 unspecified atom stereocenters. The van der Waals surface area contributed by atoms with Crippen LogP contribution < -0.4 is 5.32 Å². The van der Waals surface area contributed by atoms with Crippen LogP contribution in [0.15, 0.2) is 71.3 Å². The Morgan fingerprint density at radius 3 is 2.54 bits per heavy atom. The molecular formula is C20H18N2O2. The largest absolute Gasteiger partial charge is 0.439 e. The Bertz CT molecular complexity index is 827. The quantitative estimate of drug-likeness (QED) is 0.779. The van der Waals surface area contributed by atoms with E-state index in [1.54, 1.807) is 6.20 Å². The van der Waals surface area contributed by atoms with Gasteiger partial charge in [-0.15, -0.1) is 0 Å². The number of hydrogen-bond acceptors (Lipinski definition) is 3. The van der Waals surface area contributed by atoms with E-state index in [9.17, 15) is 4.79 Å². The molecule has 1 N–H and O–H groups in total. The molecule has 1 saturated carbocycles. The van der Waals surface area contributed by atoms with Gasteiger partial charge in [0.05, 0.1) is 12.7 Å². The molecule has 4 nitrogen and oxygen atoms in total. The Morgan fingerprint density at radius 2 is 1.79 bits per heavy atom. The number of oxazole rings is 1. The average Bonchev–Trinajstić information content (AvgIpc) is 3.31. The van der Waals surface area contributed by atoms with Crippen LogP contribution in [-0.2, 0) is 11.3 Å². The van der Waals surface area contributed by atoms with Gasteiger partial charge < -0.3 is 9.73 Å².